The monoisotopic (exact) mass is 203 g/mol. The van der Waals surface area contributed by atoms with E-state index in [0.717, 1.165) is 6.07 Å². The van der Waals surface area contributed by atoms with Gasteiger partial charge in [-0.15, -0.1) is 0 Å². The molecule has 1 aromatic carbocycles. The summed E-state index contributed by atoms with van der Waals surface area (Å²) in [4.78, 5) is 0. The van der Waals surface area contributed by atoms with Gasteiger partial charge in [0, 0.05) is 24.3 Å². The van der Waals surface area contributed by atoms with Crippen molar-refractivity contribution in [2.24, 2.45) is 5.73 Å². The molecular formula is C9H11F2NO2. The number of phenols is 1. The van der Waals surface area contributed by atoms with E-state index in [0.29, 0.717) is 6.07 Å². The predicted octanol–water partition coefficient (Wildman–Crippen LogP) is 1.05. The Morgan fingerprint density at radius 2 is 1.86 bits per heavy atom. The van der Waals surface area contributed by atoms with E-state index in [2.05, 4.69) is 0 Å². The predicted molar refractivity (Wildman–Crippen MR) is 46.7 cm³/mol. The van der Waals surface area contributed by atoms with E-state index in [-0.39, 0.29) is 18.6 Å². The number of phenolic OH excluding ortho intramolecular Hbond substituents is 1. The van der Waals surface area contributed by atoms with Crippen molar-refractivity contribution >= 4 is 0 Å². The Morgan fingerprint density at radius 3 is 2.43 bits per heavy atom. The van der Waals surface area contributed by atoms with Crippen molar-refractivity contribution in [1.29, 1.82) is 0 Å². The second kappa shape index (κ2) is 4.34. The Labute approximate surface area is 79.8 Å². The summed E-state index contributed by atoms with van der Waals surface area (Å²) in [7, 11) is 0. The molecule has 0 aromatic heterocycles. The molecule has 1 atom stereocenters. The minimum atomic E-state index is -1.12. The van der Waals surface area contributed by atoms with Gasteiger partial charge in [0.2, 0.25) is 0 Å². The number of aromatic hydroxyl groups is 1. The van der Waals surface area contributed by atoms with Crippen LogP contribution in [0.3, 0.4) is 0 Å². The Bertz CT molecular complexity index is 331. The third-order valence-electron chi connectivity index (χ3n) is 1.91. The molecular weight excluding hydrogens is 192 g/mol. The normalized spacial score (nSPS) is 12.9. The molecule has 0 aliphatic heterocycles. The summed E-state index contributed by atoms with van der Waals surface area (Å²) in [5, 5.41) is 17.8. The van der Waals surface area contributed by atoms with Crippen LogP contribution in [0, 0.1) is 11.6 Å². The zero-order chi connectivity index (χ0) is 10.7. The summed E-state index contributed by atoms with van der Waals surface area (Å²) < 4.78 is 25.3. The lowest BCUT2D eigenvalue weighted by molar-refractivity contribution is 0.275. The van der Waals surface area contributed by atoms with Crippen molar-refractivity contribution in [2.75, 3.05) is 6.61 Å². The molecule has 14 heavy (non-hydrogen) atoms. The van der Waals surface area contributed by atoms with Crippen LogP contribution in [0.25, 0.3) is 0 Å². The topological polar surface area (TPSA) is 66.5 Å². The average molecular weight is 203 g/mol. The van der Waals surface area contributed by atoms with Crippen LogP contribution >= 0.6 is 0 Å². The molecule has 0 bridgehead atoms. The Kier molecular flexibility index (Phi) is 3.38. The quantitative estimate of drug-likeness (QED) is 0.688. The first kappa shape index (κ1) is 10.9. The fraction of sp³-hybridized carbons (Fsp3) is 0.333. The number of nitrogens with two attached hydrogens (primary N) is 1. The Balaban J connectivity index is 3.02. The van der Waals surface area contributed by atoms with E-state index in [1.165, 1.54) is 0 Å². The highest BCUT2D eigenvalue weighted by atomic mass is 19.2. The van der Waals surface area contributed by atoms with Crippen LogP contribution in [0.15, 0.2) is 12.1 Å². The molecule has 5 heteroatoms. The summed E-state index contributed by atoms with van der Waals surface area (Å²) >= 11 is 0. The van der Waals surface area contributed by atoms with Crippen LogP contribution in [0.5, 0.6) is 5.75 Å². The average Bonchev–Trinajstić information content (AvgIpc) is 2.11. The summed E-state index contributed by atoms with van der Waals surface area (Å²) in [5.74, 6) is -2.58. The SMILES string of the molecule is N[C@@H](CCO)c1cc(F)c(F)cc1O. The fourth-order valence-electron chi connectivity index (χ4n) is 1.14. The van der Waals surface area contributed by atoms with Crippen molar-refractivity contribution < 1.29 is 19.0 Å². The Morgan fingerprint density at radius 1 is 1.29 bits per heavy atom. The van der Waals surface area contributed by atoms with Gasteiger partial charge >= 0.3 is 0 Å². The first-order chi connectivity index (χ1) is 6.56. The number of halogens is 2. The summed E-state index contributed by atoms with van der Waals surface area (Å²) in [6.45, 7) is -0.181. The van der Waals surface area contributed by atoms with E-state index in [4.69, 9.17) is 10.8 Å². The third kappa shape index (κ3) is 2.18. The number of hydrogen-bond donors (Lipinski definition) is 3. The van der Waals surface area contributed by atoms with E-state index in [1.54, 1.807) is 0 Å². The molecule has 0 spiro atoms. The Hall–Kier alpha value is -1.20. The van der Waals surface area contributed by atoms with Crippen molar-refractivity contribution in [1.82, 2.24) is 0 Å². The molecule has 0 unspecified atom stereocenters. The lowest BCUT2D eigenvalue weighted by Crippen LogP contribution is -2.12. The highest BCUT2D eigenvalue weighted by Gasteiger charge is 2.14. The minimum Gasteiger partial charge on any atom is -0.507 e. The maximum atomic E-state index is 12.8. The van der Waals surface area contributed by atoms with Crippen LogP contribution in [0.4, 0.5) is 8.78 Å². The third-order valence-corrected chi connectivity index (χ3v) is 1.91. The maximum Gasteiger partial charge on any atom is 0.162 e. The number of benzene rings is 1. The van der Waals surface area contributed by atoms with Gasteiger partial charge in [0.05, 0.1) is 0 Å². The number of rotatable bonds is 3. The van der Waals surface area contributed by atoms with Gasteiger partial charge in [-0.25, -0.2) is 8.78 Å². The van der Waals surface area contributed by atoms with E-state index in [1.807, 2.05) is 0 Å². The highest BCUT2D eigenvalue weighted by Crippen LogP contribution is 2.26. The van der Waals surface area contributed by atoms with Crippen LogP contribution in [-0.4, -0.2) is 16.8 Å². The summed E-state index contributed by atoms with van der Waals surface area (Å²) in [6.07, 6.45) is 0.179. The van der Waals surface area contributed by atoms with Crippen molar-refractivity contribution in [3.05, 3.63) is 29.3 Å². The lowest BCUT2D eigenvalue weighted by atomic mass is 10.0. The molecule has 78 valence electrons. The van der Waals surface area contributed by atoms with Gasteiger partial charge in [0.1, 0.15) is 5.75 Å². The van der Waals surface area contributed by atoms with E-state index < -0.39 is 23.4 Å². The second-order valence-corrected chi connectivity index (χ2v) is 2.94. The smallest absolute Gasteiger partial charge is 0.162 e. The van der Waals surface area contributed by atoms with Gasteiger partial charge in [0.25, 0.3) is 0 Å². The minimum absolute atomic E-state index is 0.0953. The van der Waals surface area contributed by atoms with Crippen LogP contribution in [0.2, 0.25) is 0 Å². The van der Waals surface area contributed by atoms with Crippen LogP contribution in [0.1, 0.15) is 18.0 Å². The van der Waals surface area contributed by atoms with E-state index >= 15 is 0 Å². The first-order valence-corrected chi connectivity index (χ1v) is 4.10. The first-order valence-electron chi connectivity index (χ1n) is 4.10. The number of aliphatic hydroxyl groups excluding tert-OH is 1. The zero-order valence-electron chi connectivity index (χ0n) is 7.37. The van der Waals surface area contributed by atoms with Gasteiger partial charge in [-0.05, 0) is 12.5 Å². The highest BCUT2D eigenvalue weighted by molar-refractivity contribution is 5.35. The molecule has 0 radical (unpaired) electrons. The van der Waals surface area contributed by atoms with Gasteiger partial charge < -0.3 is 15.9 Å². The van der Waals surface area contributed by atoms with Gasteiger partial charge in [0.15, 0.2) is 11.6 Å². The number of hydrogen-bond acceptors (Lipinski definition) is 3. The maximum absolute atomic E-state index is 12.8. The summed E-state index contributed by atoms with van der Waals surface area (Å²) in [6, 6.07) is 0.808. The lowest BCUT2D eigenvalue weighted by Gasteiger charge is -2.12. The van der Waals surface area contributed by atoms with Crippen molar-refractivity contribution in [3.63, 3.8) is 0 Å². The molecule has 1 rings (SSSR count). The largest absolute Gasteiger partial charge is 0.507 e. The number of aliphatic hydroxyl groups is 1. The molecule has 0 saturated carbocycles. The summed E-state index contributed by atoms with van der Waals surface area (Å²) in [5.41, 5.74) is 5.61. The van der Waals surface area contributed by atoms with E-state index in [9.17, 15) is 13.9 Å². The molecule has 0 aliphatic carbocycles. The molecule has 0 amide bonds. The molecule has 0 heterocycles. The second-order valence-electron chi connectivity index (χ2n) is 2.94. The molecule has 4 N–H and O–H groups in total. The van der Waals surface area contributed by atoms with Gasteiger partial charge in [-0.3, -0.25) is 0 Å². The van der Waals surface area contributed by atoms with Crippen molar-refractivity contribution in [2.45, 2.75) is 12.5 Å². The fourth-order valence-corrected chi connectivity index (χ4v) is 1.14. The molecule has 3 nitrogen and oxygen atoms in total. The standard InChI is InChI=1S/C9H11F2NO2/c10-6-3-5(8(12)1-2-13)9(14)4-7(6)11/h3-4,8,13-14H,1-2,12H2/t8-/m0/s1. The van der Waals surface area contributed by atoms with Crippen LogP contribution in [-0.2, 0) is 0 Å². The van der Waals surface area contributed by atoms with Crippen molar-refractivity contribution in [3.8, 4) is 5.75 Å². The molecule has 0 aliphatic rings. The van der Waals surface area contributed by atoms with Gasteiger partial charge in [-0.1, -0.05) is 0 Å². The van der Waals surface area contributed by atoms with Gasteiger partial charge in [-0.2, -0.15) is 0 Å². The molecule has 0 fully saturated rings. The molecule has 1 aromatic rings. The molecule has 0 saturated heterocycles. The van der Waals surface area contributed by atoms with Crippen LogP contribution < -0.4 is 5.73 Å². The zero-order valence-corrected chi connectivity index (χ0v) is 7.37.